The van der Waals surface area contributed by atoms with Crippen LogP contribution in [-0.2, 0) is 12.1 Å². The Hall–Kier alpha value is -2.24. The monoisotopic (exact) mass is 420 g/mol. The van der Waals surface area contributed by atoms with Gasteiger partial charge in [0.1, 0.15) is 0 Å². The molecule has 4 rings (SSSR count). The number of aromatic nitrogens is 3. The lowest BCUT2D eigenvalue weighted by Gasteiger charge is -2.25. The maximum Gasteiger partial charge on any atom is 0.204 e. The van der Waals surface area contributed by atoms with Crippen molar-refractivity contribution in [1.29, 1.82) is 0 Å². The summed E-state index contributed by atoms with van der Waals surface area (Å²) in [6.07, 6.45) is 3.84. The first-order valence-electron chi connectivity index (χ1n) is 10.9. The molecule has 1 aliphatic heterocycles. The van der Waals surface area contributed by atoms with Gasteiger partial charge in [0, 0.05) is 5.56 Å². The molecule has 1 aliphatic rings. The molecule has 0 spiro atoms. The highest BCUT2D eigenvalue weighted by atomic mass is 32.1. The van der Waals surface area contributed by atoms with Crippen molar-refractivity contribution in [3.63, 3.8) is 0 Å². The van der Waals surface area contributed by atoms with Gasteiger partial charge in [-0.1, -0.05) is 69.7 Å². The Labute approximate surface area is 185 Å². The van der Waals surface area contributed by atoms with Gasteiger partial charge in [-0.15, -0.1) is 5.10 Å². The van der Waals surface area contributed by atoms with Crippen molar-refractivity contribution in [3.05, 3.63) is 64.4 Å². The summed E-state index contributed by atoms with van der Waals surface area (Å²) < 4.78 is 4.89. The normalized spacial score (nSPS) is 15.5. The first kappa shape index (κ1) is 21.0. The zero-order valence-corrected chi connectivity index (χ0v) is 19.4. The van der Waals surface area contributed by atoms with Gasteiger partial charge in [0.2, 0.25) is 4.77 Å². The molecule has 0 radical (unpaired) electrons. The molecule has 0 amide bonds. The highest BCUT2D eigenvalue weighted by Crippen LogP contribution is 2.28. The second-order valence-corrected chi connectivity index (χ2v) is 9.74. The summed E-state index contributed by atoms with van der Waals surface area (Å²) in [5.41, 5.74) is 4.83. The van der Waals surface area contributed by atoms with Crippen LogP contribution in [0, 0.1) is 11.7 Å². The average molecular weight is 421 g/mol. The third kappa shape index (κ3) is 4.28. The topological polar surface area (TPSA) is 26.0 Å². The molecule has 0 unspecified atom stereocenters. The summed E-state index contributed by atoms with van der Waals surface area (Å²) in [5.74, 6) is 0.909. The predicted molar refractivity (Wildman–Crippen MR) is 127 cm³/mol. The average Bonchev–Trinajstić information content (AvgIpc) is 3.05. The van der Waals surface area contributed by atoms with E-state index in [2.05, 4.69) is 85.7 Å². The maximum atomic E-state index is 5.94. The largest absolute Gasteiger partial charge is 0.284 e. The van der Waals surface area contributed by atoms with Gasteiger partial charge >= 0.3 is 0 Å². The van der Waals surface area contributed by atoms with Crippen molar-refractivity contribution in [1.82, 2.24) is 19.2 Å². The summed E-state index contributed by atoms with van der Waals surface area (Å²) in [5, 5.41) is 5.02. The lowest BCUT2D eigenvalue weighted by atomic mass is 9.87. The van der Waals surface area contributed by atoms with Crippen molar-refractivity contribution in [3.8, 4) is 17.1 Å². The van der Waals surface area contributed by atoms with Crippen molar-refractivity contribution in [2.45, 2.75) is 59.0 Å². The van der Waals surface area contributed by atoms with E-state index in [1.54, 1.807) is 0 Å². The molecule has 3 aromatic rings. The maximum absolute atomic E-state index is 5.94. The van der Waals surface area contributed by atoms with Crippen LogP contribution in [0.2, 0.25) is 0 Å². The molecule has 0 bridgehead atoms. The van der Waals surface area contributed by atoms with E-state index in [-0.39, 0.29) is 5.41 Å². The standard InChI is InChI=1S/C25H32N4S/c1-19-10-6-7-11-22(19)29-23(20-12-14-21(15-13-20)25(2,3)4)26-28(24(29)30)18-27-16-8-5-9-17-27/h6-7,10-15H,5,8-9,16-18H2,1-4H3. The SMILES string of the molecule is Cc1ccccc1-n1c(-c2ccc(C(C)(C)C)cc2)nn(CN2CCCCC2)c1=S. The molecule has 0 atom stereocenters. The van der Waals surface area contributed by atoms with Crippen LogP contribution in [0.15, 0.2) is 48.5 Å². The first-order chi connectivity index (χ1) is 14.3. The quantitative estimate of drug-likeness (QED) is 0.476. The molecule has 158 valence electrons. The molecule has 0 N–H and O–H groups in total. The molecule has 0 aliphatic carbocycles. The Morgan fingerprint density at radius 3 is 2.23 bits per heavy atom. The molecule has 1 fully saturated rings. The number of para-hydroxylation sites is 1. The number of piperidine rings is 1. The molecule has 4 nitrogen and oxygen atoms in total. The summed E-state index contributed by atoms with van der Waals surface area (Å²) >= 11 is 5.94. The molecule has 0 saturated carbocycles. The molecular weight excluding hydrogens is 388 g/mol. The van der Waals surface area contributed by atoms with Crippen molar-refractivity contribution >= 4 is 12.2 Å². The van der Waals surface area contributed by atoms with Crippen LogP contribution >= 0.6 is 12.2 Å². The van der Waals surface area contributed by atoms with Gasteiger partial charge in [0.15, 0.2) is 5.82 Å². The van der Waals surface area contributed by atoms with E-state index in [0.717, 1.165) is 41.6 Å². The molecule has 1 saturated heterocycles. The van der Waals surface area contributed by atoms with Gasteiger partial charge < -0.3 is 0 Å². The van der Waals surface area contributed by atoms with Gasteiger partial charge in [-0.3, -0.25) is 9.47 Å². The Morgan fingerprint density at radius 2 is 1.60 bits per heavy atom. The van der Waals surface area contributed by atoms with Gasteiger partial charge in [-0.2, -0.15) is 0 Å². The van der Waals surface area contributed by atoms with Crippen LogP contribution in [0.1, 0.15) is 51.2 Å². The van der Waals surface area contributed by atoms with E-state index in [9.17, 15) is 0 Å². The van der Waals surface area contributed by atoms with Crippen molar-refractivity contribution < 1.29 is 0 Å². The van der Waals surface area contributed by atoms with Gasteiger partial charge in [-0.05, 0) is 67.7 Å². The smallest absolute Gasteiger partial charge is 0.204 e. The van der Waals surface area contributed by atoms with E-state index >= 15 is 0 Å². The Bertz CT molecular complexity index is 1060. The summed E-state index contributed by atoms with van der Waals surface area (Å²) in [6.45, 7) is 11.8. The first-order valence-corrected chi connectivity index (χ1v) is 11.3. The molecule has 1 aromatic heterocycles. The van der Waals surface area contributed by atoms with E-state index in [1.807, 2.05) is 4.68 Å². The number of hydrogen-bond acceptors (Lipinski definition) is 3. The fraction of sp³-hybridized carbons (Fsp3) is 0.440. The van der Waals surface area contributed by atoms with Crippen molar-refractivity contribution in [2.75, 3.05) is 13.1 Å². The fourth-order valence-corrected chi connectivity index (χ4v) is 4.41. The second kappa shape index (κ2) is 8.48. The highest BCUT2D eigenvalue weighted by molar-refractivity contribution is 7.71. The van der Waals surface area contributed by atoms with E-state index in [4.69, 9.17) is 17.3 Å². The van der Waals surface area contributed by atoms with Crippen LogP contribution < -0.4 is 0 Å². The number of hydrogen-bond donors (Lipinski definition) is 0. The number of aryl methyl sites for hydroxylation is 1. The fourth-order valence-electron chi connectivity index (χ4n) is 4.13. The van der Waals surface area contributed by atoms with Gasteiger partial charge in [0.25, 0.3) is 0 Å². The molecular formula is C25H32N4S. The van der Waals surface area contributed by atoms with Gasteiger partial charge in [0.05, 0.1) is 12.4 Å². The lowest BCUT2D eigenvalue weighted by molar-refractivity contribution is 0.172. The minimum atomic E-state index is 0.126. The predicted octanol–water partition coefficient (Wildman–Crippen LogP) is 6.12. The molecule has 2 aromatic carbocycles. The zero-order valence-electron chi connectivity index (χ0n) is 18.6. The summed E-state index contributed by atoms with van der Waals surface area (Å²) in [4.78, 5) is 2.46. The van der Waals surface area contributed by atoms with Crippen LogP contribution in [-0.4, -0.2) is 32.3 Å². The number of nitrogens with zero attached hydrogens (tertiary/aromatic N) is 4. The molecule has 2 heterocycles. The summed E-state index contributed by atoms with van der Waals surface area (Å²) in [6, 6.07) is 17.2. The van der Waals surface area contributed by atoms with E-state index < -0.39 is 0 Å². The Morgan fingerprint density at radius 1 is 0.933 bits per heavy atom. The number of rotatable bonds is 4. The lowest BCUT2D eigenvalue weighted by Crippen LogP contribution is -2.32. The third-order valence-corrected chi connectivity index (χ3v) is 6.38. The molecule has 30 heavy (non-hydrogen) atoms. The van der Waals surface area contributed by atoms with E-state index in [1.165, 1.54) is 30.4 Å². The van der Waals surface area contributed by atoms with E-state index in [0.29, 0.717) is 0 Å². The van der Waals surface area contributed by atoms with Crippen LogP contribution in [0.25, 0.3) is 17.1 Å². The number of benzene rings is 2. The molecule has 5 heteroatoms. The van der Waals surface area contributed by atoms with Crippen LogP contribution in [0.5, 0.6) is 0 Å². The van der Waals surface area contributed by atoms with Crippen LogP contribution in [0.4, 0.5) is 0 Å². The Balaban J connectivity index is 1.81. The minimum absolute atomic E-state index is 0.126. The highest BCUT2D eigenvalue weighted by Gasteiger charge is 2.19. The Kier molecular flexibility index (Phi) is 5.94. The third-order valence-electron chi connectivity index (χ3n) is 5.99. The van der Waals surface area contributed by atoms with Crippen LogP contribution in [0.3, 0.4) is 0 Å². The number of likely N-dealkylation sites (tertiary alicyclic amines) is 1. The second-order valence-electron chi connectivity index (χ2n) is 9.38. The van der Waals surface area contributed by atoms with Gasteiger partial charge in [-0.25, -0.2) is 4.68 Å². The zero-order chi connectivity index (χ0) is 21.3. The minimum Gasteiger partial charge on any atom is -0.284 e. The van der Waals surface area contributed by atoms with Crippen molar-refractivity contribution in [2.24, 2.45) is 0 Å². The summed E-state index contributed by atoms with van der Waals surface area (Å²) in [7, 11) is 0.